The average molecular weight is 791 g/mol. The molecule has 0 aromatic heterocycles. The van der Waals surface area contributed by atoms with Crippen LogP contribution >= 0.6 is 0 Å². The van der Waals surface area contributed by atoms with E-state index in [4.69, 9.17) is 18.9 Å². The number of allylic oxidation sites excluding steroid dienone is 4. The second kappa shape index (κ2) is 18.6. The molecule has 0 aliphatic rings. The zero-order chi connectivity index (χ0) is 43.3. The molecule has 0 atom stereocenters. The number of hydrogen-bond acceptors (Lipinski definition) is 8. The first kappa shape index (κ1) is 45.5. The molecule has 0 amide bonds. The normalized spacial score (nSPS) is 12.7. The highest BCUT2D eigenvalue weighted by atomic mass is 16.6. The number of carbonyl (C=O) groups is 4. The Morgan fingerprint density at radius 2 is 1.00 bits per heavy atom. The lowest BCUT2D eigenvalue weighted by molar-refractivity contribution is -0.140. The predicted molar refractivity (Wildman–Crippen MR) is 233 cm³/mol. The van der Waals surface area contributed by atoms with E-state index in [0.717, 1.165) is 23.1 Å². The largest absolute Gasteiger partial charge is 0.426 e. The minimum Gasteiger partial charge on any atom is -0.426 e. The maximum atomic E-state index is 13.7. The minimum absolute atomic E-state index is 0.245. The van der Waals surface area contributed by atoms with Gasteiger partial charge in [0.25, 0.3) is 0 Å². The first-order valence-corrected chi connectivity index (χ1v) is 20.3. The van der Waals surface area contributed by atoms with Crippen LogP contribution in [0.3, 0.4) is 0 Å². The molecular formula is C50H62O8. The Bertz CT molecular complexity index is 2280. The van der Waals surface area contributed by atoms with E-state index < -0.39 is 34.7 Å². The first-order chi connectivity index (χ1) is 27.0. The Kier molecular flexibility index (Phi) is 14.6. The molecule has 0 saturated carbocycles. The standard InChI is InChI=1S/C50H62O8/c1-29(2)27-31(5)25-26-49(11,12)43-33(7)45(37-19-15-17-21-39(37)47(43)55-35(9)51)57-41(53)23-24-42(54)58-46-34(8)44(50(13,14)28-32(6)30(3)4)48(56-36(10)52)40-22-18-16-20-38(40)46/h15-22,25,28-30H,23-24,26-27H2,1-14H3/b31-25+,32-28+. The molecule has 0 aliphatic heterocycles. The third-order valence-corrected chi connectivity index (χ3v) is 10.7. The number of carbonyl (C=O) groups excluding carboxylic acids is 4. The molecule has 0 bridgehead atoms. The van der Waals surface area contributed by atoms with Crippen LogP contribution in [-0.2, 0) is 30.0 Å². The molecule has 0 N–H and O–H groups in total. The Labute approximate surface area is 345 Å². The van der Waals surface area contributed by atoms with E-state index in [-0.39, 0.29) is 12.8 Å². The topological polar surface area (TPSA) is 105 Å². The molecule has 4 aromatic rings. The van der Waals surface area contributed by atoms with Gasteiger partial charge >= 0.3 is 23.9 Å². The van der Waals surface area contributed by atoms with Crippen molar-refractivity contribution in [3.8, 4) is 23.0 Å². The Hall–Kier alpha value is -5.24. The molecule has 58 heavy (non-hydrogen) atoms. The summed E-state index contributed by atoms with van der Waals surface area (Å²) in [5.74, 6) is 0.264. The predicted octanol–water partition coefficient (Wildman–Crippen LogP) is 12.3. The van der Waals surface area contributed by atoms with E-state index in [0.29, 0.717) is 73.9 Å². The molecule has 4 aromatic carbocycles. The quantitative estimate of drug-likeness (QED) is 0.0666. The fraction of sp³-hybridized carbons (Fsp3) is 0.440. The second-order valence-electron chi connectivity index (χ2n) is 17.5. The third-order valence-electron chi connectivity index (χ3n) is 10.7. The van der Waals surface area contributed by atoms with Crippen LogP contribution in [0.4, 0.5) is 0 Å². The first-order valence-electron chi connectivity index (χ1n) is 20.3. The zero-order valence-electron chi connectivity index (χ0n) is 37.0. The van der Waals surface area contributed by atoms with Crippen molar-refractivity contribution in [2.24, 2.45) is 11.8 Å². The van der Waals surface area contributed by atoms with Crippen molar-refractivity contribution < 1.29 is 38.1 Å². The summed E-state index contributed by atoms with van der Waals surface area (Å²) in [6.07, 6.45) is 5.53. The summed E-state index contributed by atoms with van der Waals surface area (Å²) in [4.78, 5) is 52.3. The zero-order valence-corrected chi connectivity index (χ0v) is 37.0. The summed E-state index contributed by atoms with van der Waals surface area (Å²) in [5.41, 5.74) is 4.15. The fourth-order valence-electron chi connectivity index (χ4n) is 7.95. The van der Waals surface area contributed by atoms with Crippen molar-refractivity contribution in [3.05, 3.63) is 94.1 Å². The van der Waals surface area contributed by atoms with E-state index in [1.165, 1.54) is 19.4 Å². The van der Waals surface area contributed by atoms with E-state index in [1.54, 1.807) is 0 Å². The van der Waals surface area contributed by atoms with Gasteiger partial charge in [0.2, 0.25) is 0 Å². The van der Waals surface area contributed by atoms with E-state index in [2.05, 4.69) is 67.5 Å². The van der Waals surface area contributed by atoms with Crippen molar-refractivity contribution in [1.29, 1.82) is 0 Å². The highest BCUT2D eigenvalue weighted by Crippen LogP contribution is 2.49. The lowest BCUT2D eigenvalue weighted by Crippen LogP contribution is -2.22. The summed E-state index contributed by atoms with van der Waals surface area (Å²) >= 11 is 0. The van der Waals surface area contributed by atoms with Crippen LogP contribution in [0, 0.1) is 25.7 Å². The van der Waals surface area contributed by atoms with Gasteiger partial charge in [-0.25, -0.2) is 0 Å². The van der Waals surface area contributed by atoms with Gasteiger partial charge in [-0.15, -0.1) is 0 Å². The molecule has 0 radical (unpaired) electrons. The van der Waals surface area contributed by atoms with Gasteiger partial charge in [-0.2, -0.15) is 0 Å². The number of fused-ring (bicyclic) bond motifs is 2. The molecule has 0 spiro atoms. The van der Waals surface area contributed by atoms with Crippen LogP contribution in [0.1, 0.15) is 131 Å². The van der Waals surface area contributed by atoms with Crippen molar-refractivity contribution >= 4 is 45.4 Å². The van der Waals surface area contributed by atoms with Crippen molar-refractivity contribution in [3.63, 3.8) is 0 Å². The SMILES string of the molecule is CC(=O)Oc1c(C(C)(C)/C=C(\C)C(C)C)c(C)c(OC(=O)CCC(=O)Oc2c(C)c(C(C)(C)C/C=C(\C)CC(C)C)c(OC(C)=O)c3ccccc23)c2ccccc12. The highest BCUT2D eigenvalue weighted by Gasteiger charge is 2.33. The number of esters is 4. The molecule has 4 rings (SSSR count). The van der Waals surface area contributed by atoms with Gasteiger partial charge in [-0.1, -0.05) is 127 Å². The molecule has 0 aliphatic carbocycles. The van der Waals surface area contributed by atoms with E-state index in [9.17, 15) is 19.2 Å². The monoisotopic (exact) mass is 790 g/mol. The molecule has 8 heteroatoms. The van der Waals surface area contributed by atoms with Crippen molar-refractivity contribution in [2.45, 2.75) is 133 Å². The van der Waals surface area contributed by atoms with E-state index in [1.807, 2.05) is 76.2 Å². The van der Waals surface area contributed by atoms with Crippen LogP contribution in [0.25, 0.3) is 21.5 Å². The second-order valence-corrected chi connectivity index (χ2v) is 17.5. The lowest BCUT2D eigenvalue weighted by atomic mass is 9.76. The van der Waals surface area contributed by atoms with Crippen molar-refractivity contribution in [2.75, 3.05) is 0 Å². The fourth-order valence-corrected chi connectivity index (χ4v) is 7.95. The maximum Gasteiger partial charge on any atom is 0.311 e. The molecule has 0 saturated heterocycles. The van der Waals surface area contributed by atoms with Crippen LogP contribution < -0.4 is 18.9 Å². The maximum absolute atomic E-state index is 13.7. The Balaban J connectivity index is 1.71. The van der Waals surface area contributed by atoms with Crippen LogP contribution in [0.5, 0.6) is 23.0 Å². The highest BCUT2D eigenvalue weighted by molar-refractivity contribution is 6.00. The summed E-state index contributed by atoms with van der Waals surface area (Å²) in [7, 11) is 0. The van der Waals surface area contributed by atoms with Gasteiger partial charge in [0.05, 0.1) is 12.8 Å². The van der Waals surface area contributed by atoms with Gasteiger partial charge < -0.3 is 18.9 Å². The average Bonchev–Trinajstić information content (AvgIpc) is 3.12. The lowest BCUT2D eigenvalue weighted by Gasteiger charge is -2.30. The Morgan fingerprint density at radius 3 is 1.40 bits per heavy atom. The van der Waals surface area contributed by atoms with Crippen LogP contribution in [0.15, 0.2) is 71.8 Å². The molecule has 8 nitrogen and oxygen atoms in total. The van der Waals surface area contributed by atoms with Crippen molar-refractivity contribution in [1.82, 2.24) is 0 Å². The van der Waals surface area contributed by atoms with Gasteiger partial charge in [0.15, 0.2) is 0 Å². The molecule has 0 unspecified atom stereocenters. The third kappa shape index (κ3) is 10.6. The molecule has 0 heterocycles. The van der Waals surface area contributed by atoms with Crippen LogP contribution in [0.2, 0.25) is 0 Å². The summed E-state index contributed by atoms with van der Waals surface area (Å²) in [5, 5.41) is 2.50. The Morgan fingerprint density at radius 1 is 0.603 bits per heavy atom. The van der Waals surface area contributed by atoms with E-state index >= 15 is 0 Å². The van der Waals surface area contributed by atoms with Gasteiger partial charge in [-0.3, -0.25) is 19.2 Å². The smallest absolute Gasteiger partial charge is 0.311 e. The van der Waals surface area contributed by atoms with Gasteiger partial charge in [-0.05, 0) is 63.4 Å². The summed E-state index contributed by atoms with van der Waals surface area (Å²) in [6, 6.07) is 14.7. The summed E-state index contributed by atoms with van der Waals surface area (Å²) in [6.45, 7) is 27.6. The number of hydrogen-bond donors (Lipinski definition) is 0. The van der Waals surface area contributed by atoms with Gasteiger partial charge in [0, 0.05) is 57.5 Å². The van der Waals surface area contributed by atoms with Gasteiger partial charge in [0.1, 0.15) is 23.0 Å². The molecule has 0 fully saturated rings. The number of ether oxygens (including phenoxy) is 4. The molecule has 310 valence electrons. The molecular weight excluding hydrogens is 729 g/mol. The summed E-state index contributed by atoms with van der Waals surface area (Å²) < 4.78 is 24.1. The number of benzene rings is 4. The number of rotatable bonds is 15. The minimum atomic E-state index is -0.611. The van der Waals surface area contributed by atoms with Crippen LogP contribution in [-0.4, -0.2) is 23.9 Å².